The van der Waals surface area contributed by atoms with E-state index in [0.717, 1.165) is 0 Å². The molecule has 0 heterocycles. The first-order chi connectivity index (χ1) is 9.53. The van der Waals surface area contributed by atoms with Gasteiger partial charge in [0.25, 0.3) is 5.91 Å². The zero-order valence-corrected chi connectivity index (χ0v) is 13.7. The highest BCUT2D eigenvalue weighted by Gasteiger charge is 2.16. The van der Waals surface area contributed by atoms with Crippen LogP contribution in [0.3, 0.4) is 0 Å². The molecular formula is C14H20BrNO4. The molecule has 1 rings (SSSR count). The third-order valence-corrected chi connectivity index (χ3v) is 3.16. The Hall–Kier alpha value is -1.27. The van der Waals surface area contributed by atoms with Gasteiger partial charge in [0.1, 0.15) is 0 Å². The molecule has 0 aliphatic heterocycles. The first kappa shape index (κ1) is 16.8. The minimum atomic E-state index is -0.184. The van der Waals surface area contributed by atoms with Crippen molar-refractivity contribution in [3.63, 3.8) is 0 Å². The van der Waals surface area contributed by atoms with Gasteiger partial charge in [-0.25, -0.2) is 0 Å². The Balaban J connectivity index is 2.96. The van der Waals surface area contributed by atoms with Gasteiger partial charge in [0.15, 0.2) is 11.5 Å². The normalized spacial score (nSPS) is 11.8. The monoisotopic (exact) mass is 345 g/mol. The number of carbonyl (C=O) groups is 1. The predicted octanol–water partition coefficient (Wildman–Crippen LogP) is 2.62. The van der Waals surface area contributed by atoms with Crippen LogP contribution >= 0.6 is 15.9 Å². The fourth-order valence-corrected chi connectivity index (χ4v) is 2.29. The Morgan fingerprint density at radius 2 is 2.10 bits per heavy atom. The van der Waals surface area contributed by atoms with E-state index in [1.807, 2.05) is 13.8 Å². The van der Waals surface area contributed by atoms with Crippen LogP contribution in [0.5, 0.6) is 11.5 Å². The van der Waals surface area contributed by atoms with E-state index >= 15 is 0 Å². The molecule has 1 amide bonds. The van der Waals surface area contributed by atoms with Crippen molar-refractivity contribution >= 4 is 21.8 Å². The summed E-state index contributed by atoms with van der Waals surface area (Å²) >= 11 is 3.40. The van der Waals surface area contributed by atoms with Crippen LogP contribution in [-0.2, 0) is 4.74 Å². The molecule has 0 spiro atoms. The molecule has 0 fully saturated rings. The van der Waals surface area contributed by atoms with E-state index in [4.69, 9.17) is 14.2 Å². The second-order valence-electron chi connectivity index (χ2n) is 4.25. The SMILES string of the molecule is CCOc1c(Br)cc(C(=O)N[C@H](C)COC)cc1OC. The highest BCUT2D eigenvalue weighted by molar-refractivity contribution is 9.10. The number of carbonyl (C=O) groups excluding carboxylic acids is 1. The topological polar surface area (TPSA) is 56.8 Å². The lowest BCUT2D eigenvalue weighted by Crippen LogP contribution is -2.35. The molecule has 112 valence electrons. The molecule has 1 aromatic rings. The Morgan fingerprint density at radius 1 is 1.40 bits per heavy atom. The van der Waals surface area contributed by atoms with Crippen molar-refractivity contribution in [1.29, 1.82) is 0 Å². The van der Waals surface area contributed by atoms with Crippen LogP contribution < -0.4 is 14.8 Å². The molecule has 6 heteroatoms. The second-order valence-corrected chi connectivity index (χ2v) is 5.11. The van der Waals surface area contributed by atoms with Gasteiger partial charge >= 0.3 is 0 Å². The lowest BCUT2D eigenvalue weighted by molar-refractivity contribution is 0.0905. The summed E-state index contributed by atoms with van der Waals surface area (Å²) in [5.74, 6) is 0.929. The van der Waals surface area contributed by atoms with Gasteiger partial charge in [0.2, 0.25) is 0 Å². The molecule has 0 saturated heterocycles. The third-order valence-electron chi connectivity index (χ3n) is 2.57. The average Bonchev–Trinajstić information content (AvgIpc) is 2.41. The van der Waals surface area contributed by atoms with Crippen LogP contribution in [0.1, 0.15) is 24.2 Å². The first-order valence-corrected chi connectivity index (χ1v) is 7.12. The number of hydrogen-bond acceptors (Lipinski definition) is 4. The van der Waals surface area contributed by atoms with Crippen LogP contribution in [0.15, 0.2) is 16.6 Å². The number of ether oxygens (including phenoxy) is 3. The molecule has 0 unspecified atom stereocenters. The molecule has 0 saturated carbocycles. The number of rotatable bonds is 7. The standard InChI is InChI=1S/C14H20BrNO4/c1-5-20-13-11(15)6-10(7-12(13)19-4)14(17)16-9(2)8-18-3/h6-7,9H,5,8H2,1-4H3,(H,16,17)/t9-/m1/s1. The Kier molecular flexibility index (Phi) is 6.81. The predicted molar refractivity (Wildman–Crippen MR) is 80.7 cm³/mol. The molecule has 0 aromatic heterocycles. The molecular weight excluding hydrogens is 326 g/mol. The number of halogens is 1. The molecule has 0 aliphatic rings. The maximum absolute atomic E-state index is 12.1. The van der Waals surface area contributed by atoms with E-state index in [-0.39, 0.29) is 11.9 Å². The van der Waals surface area contributed by atoms with Crippen molar-refractivity contribution in [3.8, 4) is 11.5 Å². The van der Waals surface area contributed by atoms with Crippen LogP contribution in [-0.4, -0.2) is 39.4 Å². The molecule has 1 aromatic carbocycles. The average molecular weight is 346 g/mol. The highest BCUT2D eigenvalue weighted by Crippen LogP contribution is 2.36. The molecule has 0 bridgehead atoms. The van der Waals surface area contributed by atoms with E-state index in [9.17, 15) is 4.79 Å². The summed E-state index contributed by atoms with van der Waals surface area (Å²) in [5.41, 5.74) is 0.500. The maximum atomic E-state index is 12.1. The lowest BCUT2D eigenvalue weighted by atomic mass is 10.1. The van der Waals surface area contributed by atoms with Gasteiger partial charge in [0.05, 0.1) is 24.8 Å². The molecule has 20 heavy (non-hydrogen) atoms. The minimum absolute atomic E-state index is 0.0659. The second kappa shape index (κ2) is 8.11. The van der Waals surface area contributed by atoms with E-state index in [1.165, 1.54) is 0 Å². The van der Waals surface area contributed by atoms with Crippen LogP contribution in [0, 0.1) is 0 Å². The van der Waals surface area contributed by atoms with Crippen molar-refractivity contribution in [2.24, 2.45) is 0 Å². The van der Waals surface area contributed by atoms with Crippen LogP contribution in [0.4, 0.5) is 0 Å². The zero-order valence-electron chi connectivity index (χ0n) is 12.2. The maximum Gasteiger partial charge on any atom is 0.251 e. The van der Waals surface area contributed by atoms with Crippen molar-refractivity contribution in [3.05, 3.63) is 22.2 Å². The molecule has 0 aliphatic carbocycles. The largest absolute Gasteiger partial charge is 0.493 e. The van der Waals surface area contributed by atoms with Gasteiger partial charge in [-0.1, -0.05) is 0 Å². The van der Waals surface area contributed by atoms with Crippen molar-refractivity contribution < 1.29 is 19.0 Å². The summed E-state index contributed by atoms with van der Waals surface area (Å²) in [7, 11) is 3.14. The smallest absolute Gasteiger partial charge is 0.251 e. The minimum Gasteiger partial charge on any atom is -0.493 e. The van der Waals surface area contributed by atoms with Gasteiger partial charge in [-0.05, 0) is 41.9 Å². The van der Waals surface area contributed by atoms with Crippen molar-refractivity contribution in [2.45, 2.75) is 19.9 Å². The quantitative estimate of drug-likeness (QED) is 0.825. The number of methoxy groups -OCH3 is 2. The van der Waals surface area contributed by atoms with Gasteiger partial charge in [0, 0.05) is 18.7 Å². The number of nitrogens with one attached hydrogen (secondary N) is 1. The zero-order chi connectivity index (χ0) is 15.1. The van der Waals surface area contributed by atoms with Gasteiger partial charge in [-0.2, -0.15) is 0 Å². The summed E-state index contributed by atoms with van der Waals surface area (Å²) in [5, 5.41) is 2.85. The van der Waals surface area contributed by atoms with Gasteiger partial charge < -0.3 is 19.5 Å². The van der Waals surface area contributed by atoms with Crippen LogP contribution in [0.25, 0.3) is 0 Å². The van der Waals surface area contributed by atoms with E-state index in [2.05, 4.69) is 21.2 Å². The summed E-state index contributed by atoms with van der Waals surface area (Å²) < 4.78 is 16.4. The first-order valence-electron chi connectivity index (χ1n) is 6.33. The number of amides is 1. The van der Waals surface area contributed by atoms with Gasteiger partial charge in [-0.3, -0.25) is 4.79 Å². The fourth-order valence-electron chi connectivity index (χ4n) is 1.73. The molecule has 5 nitrogen and oxygen atoms in total. The Labute approximate surface area is 127 Å². The summed E-state index contributed by atoms with van der Waals surface area (Å²) in [6.45, 7) is 4.74. The summed E-state index contributed by atoms with van der Waals surface area (Å²) in [4.78, 5) is 12.1. The Morgan fingerprint density at radius 3 is 2.65 bits per heavy atom. The summed E-state index contributed by atoms with van der Waals surface area (Å²) in [6.07, 6.45) is 0. The Bertz CT molecular complexity index is 465. The van der Waals surface area contributed by atoms with E-state index in [0.29, 0.717) is 34.7 Å². The highest BCUT2D eigenvalue weighted by atomic mass is 79.9. The van der Waals surface area contributed by atoms with E-state index < -0.39 is 0 Å². The van der Waals surface area contributed by atoms with Crippen molar-refractivity contribution in [2.75, 3.05) is 27.4 Å². The molecule has 1 N–H and O–H groups in total. The van der Waals surface area contributed by atoms with Crippen molar-refractivity contribution in [1.82, 2.24) is 5.32 Å². The number of benzene rings is 1. The van der Waals surface area contributed by atoms with Gasteiger partial charge in [-0.15, -0.1) is 0 Å². The number of hydrogen-bond donors (Lipinski definition) is 1. The fraction of sp³-hybridized carbons (Fsp3) is 0.500. The molecule has 0 radical (unpaired) electrons. The molecule has 1 atom stereocenters. The lowest BCUT2D eigenvalue weighted by Gasteiger charge is -2.15. The van der Waals surface area contributed by atoms with Crippen LogP contribution in [0.2, 0.25) is 0 Å². The summed E-state index contributed by atoms with van der Waals surface area (Å²) in [6, 6.07) is 3.30. The third kappa shape index (κ3) is 4.38. The van der Waals surface area contributed by atoms with E-state index in [1.54, 1.807) is 26.4 Å².